The Balaban J connectivity index is 1.64. The second kappa shape index (κ2) is 12.4. The highest BCUT2D eigenvalue weighted by atomic mass is 35.5. The number of sulfonamides is 1. The summed E-state index contributed by atoms with van der Waals surface area (Å²) >= 11 is 7.73. The summed E-state index contributed by atoms with van der Waals surface area (Å²) in [6, 6.07) is 19.0. The molecule has 0 aliphatic heterocycles. The quantitative estimate of drug-likeness (QED) is 0.235. The number of anilines is 1. The summed E-state index contributed by atoms with van der Waals surface area (Å²) in [5, 5.41) is 1.01. The van der Waals surface area contributed by atoms with Gasteiger partial charge in [-0.15, -0.1) is 0 Å². The molecule has 4 aromatic rings. The van der Waals surface area contributed by atoms with E-state index in [0.29, 0.717) is 46.6 Å². The average Bonchev–Trinajstić information content (AvgIpc) is 3.38. The van der Waals surface area contributed by atoms with E-state index in [2.05, 4.69) is 0 Å². The molecule has 3 aromatic carbocycles. The standard InChI is InChI=1S/C28H31ClN4O4S2/c1-5-32(19-20-9-7-6-8-10-20)39(35,36)22-13-11-21(12-14-22)27(34)33(18-17-31(2)3)28-30-25-24(37-4)16-15-23(29)26(25)38-28/h6-16H,5,17-19H2,1-4H3. The number of nitrogens with zero attached hydrogens (tertiary/aromatic N) is 4. The molecule has 0 spiro atoms. The summed E-state index contributed by atoms with van der Waals surface area (Å²) in [6.45, 7) is 3.37. The number of carbonyl (C=O) groups excluding carboxylic acids is 1. The first-order valence-corrected chi connectivity index (χ1v) is 15.0. The number of carbonyl (C=O) groups is 1. The van der Waals surface area contributed by atoms with Crippen molar-refractivity contribution in [2.75, 3.05) is 45.7 Å². The van der Waals surface area contributed by atoms with E-state index in [4.69, 9.17) is 21.3 Å². The third-order valence-electron chi connectivity index (χ3n) is 6.21. The predicted molar refractivity (Wildman–Crippen MR) is 158 cm³/mol. The van der Waals surface area contributed by atoms with Gasteiger partial charge in [-0.1, -0.05) is 60.2 Å². The van der Waals surface area contributed by atoms with Crippen molar-refractivity contribution in [3.05, 3.63) is 82.9 Å². The predicted octanol–water partition coefficient (Wildman–Crippen LogP) is 5.38. The highest BCUT2D eigenvalue weighted by Crippen LogP contribution is 2.39. The van der Waals surface area contributed by atoms with Crippen molar-refractivity contribution in [2.45, 2.75) is 18.4 Å². The van der Waals surface area contributed by atoms with Gasteiger partial charge in [0, 0.05) is 31.7 Å². The third kappa shape index (κ3) is 6.42. The molecule has 0 aliphatic rings. The largest absolute Gasteiger partial charge is 0.494 e. The number of rotatable bonds is 11. The van der Waals surface area contributed by atoms with E-state index in [1.165, 1.54) is 27.8 Å². The number of thiazole rings is 1. The topological polar surface area (TPSA) is 83.1 Å². The molecular formula is C28H31ClN4O4S2. The number of ether oxygens (including phenoxy) is 1. The van der Waals surface area contributed by atoms with Crippen molar-refractivity contribution in [2.24, 2.45) is 0 Å². The van der Waals surface area contributed by atoms with Crippen molar-refractivity contribution in [3.63, 3.8) is 0 Å². The molecule has 39 heavy (non-hydrogen) atoms. The number of likely N-dealkylation sites (N-methyl/N-ethyl adjacent to an activating group) is 1. The molecule has 0 aliphatic carbocycles. The summed E-state index contributed by atoms with van der Waals surface area (Å²) in [6.07, 6.45) is 0. The van der Waals surface area contributed by atoms with Crippen LogP contribution in [0.15, 0.2) is 71.6 Å². The van der Waals surface area contributed by atoms with Crippen LogP contribution in [-0.2, 0) is 16.6 Å². The molecule has 0 radical (unpaired) electrons. The van der Waals surface area contributed by atoms with Crippen molar-refractivity contribution >= 4 is 54.2 Å². The van der Waals surface area contributed by atoms with Gasteiger partial charge in [-0.25, -0.2) is 13.4 Å². The highest BCUT2D eigenvalue weighted by molar-refractivity contribution is 7.89. The van der Waals surface area contributed by atoms with E-state index < -0.39 is 10.0 Å². The molecule has 1 heterocycles. The molecule has 0 bridgehead atoms. The zero-order chi connectivity index (χ0) is 28.2. The van der Waals surface area contributed by atoms with Gasteiger partial charge in [0.15, 0.2) is 5.13 Å². The van der Waals surface area contributed by atoms with Gasteiger partial charge < -0.3 is 9.64 Å². The number of hydrogen-bond acceptors (Lipinski definition) is 7. The molecule has 0 atom stereocenters. The van der Waals surface area contributed by atoms with E-state index in [-0.39, 0.29) is 17.3 Å². The first-order valence-electron chi connectivity index (χ1n) is 12.4. The minimum atomic E-state index is -3.75. The van der Waals surface area contributed by atoms with Gasteiger partial charge in [-0.2, -0.15) is 4.31 Å². The fourth-order valence-corrected chi connectivity index (χ4v) is 6.75. The molecule has 11 heteroatoms. The van der Waals surface area contributed by atoms with Crippen LogP contribution in [0.1, 0.15) is 22.8 Å². The lowest BCUT2D eigenvalue weighted by Gasteiger charge is -2.23. The van der Waals surface area contributed by atoms with E-state index in [0.717, 1.165) is 10.3 Å². The van der Waals surface area contributed by atoms with Crippen LogP contribution in [0.2, 0.25) is 5.02 Å². The Morgan fingerprint density at radius 1 is 1.00 bits per heavy atom. The minimum Gasteiger partial charge on any atom is -0.494 e. The van der Waals surface area contributed by atoms with Crippen LogP contribution in [0.3, 0.4) is 0 Å². The van der Waals surface area contributed by atoms with E-state index in [1.54, 1.807) is 43.2 Å². The first-order chi connectivity index (χ1) is 18.6. The summed E-state index contributed by atoms with van der Waals surface area (Å²) in [5.41, 5.74) is 1.85. The van der Waals surface area contributed by atoms with Crippen LogP contribution in [0.5, 0.6) is 5.75 Å². The molecule has 4 rings (SSSR count). The first kappa shape index (κ1) is 29.0. The molecular weight excluding hydrogens is 556 g/mol. The number of benzene rings is 3. The number of halogens is 1. The van der Waals surface area contributed by atoms with Gasteiger partial charge in [0.05, 0.1) is 21.7 Å². The molecule has 0 saturated heterocycles. The van der Waals surface area contributed by atoms with Gasteiger partial charge in [0.25, 0.3) is 5.91 Å². The second-order valence-corrected chi connectivity index (χ2v) is 12.4. The van der Waals surface area contributed by atoms with Crippen molar-refractivity contribution in [3.8, 4) is 5.75 Å². The number of fused-ring (bicyclic) bond motifs is 1. The second-order valence-electron chi connectivity index (χ2n) is 9.13. The van der Waals surface area contributed by atoms with Gasteiger partial charge in [0.2, 0.25) is 10.0 Å². The molecule has 8 nitrogen and oxygen atoms in total. The molecule has 1 aromatic heterocycles. The summed E-state index contributed by atoms with van der Waals surface area (Å²) in [4.78, 5) is 22.1. The lowest BCUT2D eigenvalue weighted by molar-refractivity contribution is 0.0985. The van der Waals surface area contributed by atoms with Crippen LogP contribution in [-0.4, -0.2) is 69.4 Å². The van der Waals surface area contributed by atoms with Crippen LogP contribution in [0.4, 0.5) is 5.13 Å². The lowest BCUT2D eigenvalue weighted by atomic mass is 10.2. The van der Waals surface area contributed by atoms with Crippen molar-refractivity contribution in [1.29, 1.82) is 0 Å². The van der Waals surface area contributed by atoms with Gasteiger partial charge >= 0.3 is 0 Å². The number of hydrogen-bond donors (Lipinski definition) is 0. The van der Waals surface area contributed by atoms with Crippen molar-refractivity contribution in [1.82, 2.24) is 14.2 Å². The highest BCUT2D eigenvalue weighted by Gasteiger charge is 2.26. The zero-order valence-corrected chi connectivity index (χ0v) is 24.7. The fourth-order valence-electron chi connectivity index (χ4n) is 4.03. The summed E-state index contributed by atoms with van der Waals surface area (Å²) in [7, 11) is 1.66. The monoisotopic (exact) mass is 586 g/mol. The summed E-state index contributed by atoms with van der Waals surface area (Å²) < 4.78 is 34.3. The van der Waals surface area contributed by atoms with Crippen LogP contribution in [0, 0.1) is 0 Å². The van der Waals surface area contributed by atoms with Crippen LogP contribution >= 0.6 is 22.9 Å². The SMILES string of the molecule is CCN(Cc1ccccc1)S(=O)(=O)c1ccc(C(=O)N(CCN(C)C)c2nc3c(OC)ccc(Cl)c3s2)cc1. The minimum absolute atomic E-state index is 0.133. The van der Waals surface area contributed by atoms with Crippen molar-refractivity contribution < 1.29 is 17.9 Å². The Morgan fingerprint density at radius 2 is 1.69 bits per heavy atom. The molecule has 0 unspecified atom stereocenters. The molecule has 0 saturated carbocycles. The third-order valence-corrected chi connectivity index (χ3v) is 9.68. The Labute approximate surface area is 238 Å². The molecule has 206 valence electrons. The number of amides is 1. The molecule has 1 amide bonds. The normalized spacial score (nSPS) is 11.9. The molecule has 0 N–H and O–H groups in total. The summed E-state index contributed by atoms with van der Waals surface area (Å²) in [5.74, 6) is 0.286. The lowest BCUT2D eigenvalue weighted by Crippen LogP contribution is -2.36. The number of methoxy groups -OCH3 is 1. The number of aromatic nitrogens is 1. The van der Waals surface area contributed by atoms with E-state index >= 15 is 0 Å². The molecule has 0 fully saturated rings. The smallest absolute Gasteiger partial charge is 0.260 e. The Bertz CT molecular complexity index is 1540. The zero-order valence-electron chi connectivity index (χ0n) is 22.3. The van der Waals surface area contributed by atoms with Crippen LogP contribution < -0.4 is 9.64 Å². The fraction of sp³-hybridized carbons (Fsp3) is 0.286. The Hall–Kier alpha value is -3.02. The maximum atomic E-state index is 13.7. The van der Waals surface area contributed by atoms with Gasteiger partial charge in [-0.05, 0) is 56.1 Å². The van der Waals surface area contributed by atoms with E-state index in [1.807, 2.05) is 49.3 Å². The van der Waals surface area contributed by atoms with Gasteiger partial charge in [-0.3, -0.25) is 9.69 Å². The maximum absolute atomic E-state index is 13.7. The maximum Gasteiger partial charge on any atom is 0.260 e. The van der Waals surface area contributed by atoms with Gasteiger partial charge in [0.1, 0.15) is 11.3 Å². The Morgan fingerprint density at radius 3 is 2.31 bits per heavy atom. The van der Waals surface area contributed by atoms with Crippen LogP contribution in [0.25, 0.3) is 10.2 Å². The average molecular weight is 587 g/mol. The van der Waals surface area contributed by atoms with E-state index in [9.17, 15) is 13.2 Å². The Kier molecular flexibility index (Phi) is 9.24.